The number of esters is 1. The quantitative estimate of drug-likeness (QED) is 0.578. The highest BCUT2D eigenvalue weighted by molar-refractivity contribution is 7.25. The zero-order valence-electron chi connectivity index (χ0n) is 8.23. The van der Waals surface area contributed by atoms with Crippen molar-refractivity contribution >= 4 is 14.4 Å². The van der Waals surface area contributed by atoms with Crippen molar-refractivity contribution in [1.29, 1.82) is 0 Å². The second kappa shape index (κ2) is 4.85. The first-order valence-corrected chi connectivity index (χ1v) is 5.69. The lowest BCUT2D eigenvalue weighted by Crippen LogP contribution is -2.41. The van der Waals surface area contributed by atoms with Gasteiger partial charge in [0, 0.05) is 0 Å². The SMILES string of the molecule is CCOC(=O)C1CCCCC1(O)P=O. The highest BCUT2D eigenvalue weighted by atomic mass is 31.1. The summed E-state index contributed by atoms with van der Waals surface area (Å²) in [6, 6.07) is 0. The molecule has 0 heterocycles. The molecule has 0 aliphatic heterocycles. The van der Waals surface area contributed by atoms with E-state index >= 15 is 0 Å². The maximum Gasteiger partial charge on any atom is 0.312 e. The maximum atomic E-state index is 11.4. The molecule has 0 bridgehead atoms. The van der Waals surface area contributed by atoms with Crippen LogP contribution in [0.5, 0.6) is 0 Å². The lowest BCUT2D eigenvalue weighted by Gasteiger charge is -2.32. The van der Waals surface area contributed by atoms with Gasteiger partial charge in [0.25, 0.3) is 0 Å². The van der Waals surface area contributed by atoms with Crippen LogP contribution in [0.2, 0.25) is 0 Å². The van der Waals surface area contributed by atoms with E-state index in [0.717, 1.165) is 12.8 Å². The van der Waals surface area contributed by atoms with Gasteiger partial charge in [0.15, 0.2) is 13.8 Å². The van der Waals surface area contributed by atoms with Crippen LogP contribution in [-0.4, -0.2) is 23.0 Å². The molecule has 0 amide bonds. The zero-order valence-corrected chi connectivity index (χ0v) is 9.13. The molecule has 0 aromatic carbocycles. The summed E-state index contributed by atoms with van der Waals surface area (Å²) in [6.07, 6.45) is 2.65. The molecule has 5 heteroatoms. The van der Waals surface area contributed by atoms with Gasteiger partial charge >= 0.3 is 5.97 Å². The van der Waals surface area contributed by atoms with Crippen LogP contribution in [0.4, 0.5) is 0 Å². The van der Waals surface area contributed by atoms with E-state index in [-0.39, 0.29) is 8.46 Å². The van der Waals surface area contributed by atoms with Crippen LogP contribution < -0.4 is 0 Å². The highest BCUT2D eigenvalue weighted by Gasteiger charge is 2.45. The van der Waals surface area contributed by atoms with Crippen molar-refractivity contribution in [3.05, 3.63) is 0 Å². The Morgan fingerprint density at radius 2 is 2.36 bits per heavy atom. The minimum absolute atomic E-state index is 0.293. The standard InChI is InChI=1S/C9H15O4P/c1-2-13-8(10)7-5-3-4-6-9(7,11)14-12/h7,11H,2-6H2,1H3. The van der Waals surface area contributed by atoms with E-state index in [2.05, 4.69) is 0 Å². The van der Waals surface area contributed by atoms with Crippen LogP contribution in [0.25, 0.3) is 0 Å². The van der Waals surface area contributed by atoms with Gasteiger partial charge in [-0.2, -0.15) is 0 Å². The number of hydrogen-bond acceptors (Lipinski definition) is 4. The Hall–Kier alpha value is -0.470. The van der Waals surface area contributed by atoms with Gasteiger partial charge in [-0.15, -0.1) is 0 Å². The number of aliphatic hydroxyl groups is 1. The summed E-state index contributed by atoms with van der Waals surface area (Å²) < 4.78 is 15.7. The molecule has 0 aromatic rings. The third-order valence-electron chi connectivity index (χ3n) is 2.57. The Morgan fingerprint density at radius 1 is 1.64 bits per heavy atom. The summed E-state index contributed by atoms with van der Waals surface area (Å²) in [5.74, 6) is -1.06. The van der Waals surface area contributed by atoms with E-state index < -0.39 is 17.2 Å². The molecule has 1 aliphatic carbocycles. The number of carbonyl (C=O) groups is 1. The monoisotopic (exact) mass is 218 g/mol. The van der Waals surface area contributed by atoms with Crippen LogP contribution in [0.15, 0.2) is 0 Å². The van der Waals surface area contributed by atoms with Crippen molar-refractivity contribution in [3.8, 4) is 0 Å². The van der Waals surface area contributed by atoms with Gasteiger partial charge in [-0.3, -0.25) is 9.36 Å². The fourth-order valence-corrected chi connectivity index (χ4v) is 2.41. The molecule has 0 aromatic heterocycles. The van der Waals surface area contributed by atoms with Crippen LogP contribution in [0.1, 0.15) is 32.6 Å². The van der Waals surface area contributed by atoms with Crippen LogP contribution >= 0.6 is 8.46 Å². The molecule has 1 aliphatic rings. The molecule has 1 N–H and O–H groups in total. The van der Waals surface area contributed by atoms with Crippen molar-refractivity contribution < 1.29 is 19.2 Å². The van der Waals surface area contributed by atoms with Gasteiger partial charge in [0.2, 0.25) is 0 Å². The second-order valence-corrected chi connectivity index (χ2v) is 4.48. The largest absolute Gasteiger partial charge is 0.466 e. The first-order chi connectivity index (χ1) is 6.64. The molecule has 1 fully saturated rings. The molecule has 1 saturated carbocycles. The first kappa shape index (κ1) is 11.6. The van der Waals surface area contributed by atoms with Crippen LogP contribution in [0.3, 0.4) is 0 Å². The van der Waals surface area contributed by atoms with Crippen LogP contribution in [-0.2, 0) is 14.1 Å². The maximum absolute atomic E-state index is 11.4. The molecule has 1 rings (SSSR count). The van der Waals surface area contributed by atoms with Gasteiger partial charge in [-0.1, -0.05) is 6.42 Å². The summed E-state index contributed by atoms with van der Waals surface area (Å²) in [5, 5.41) is 8.51. The van der Waals surface area contributed by atoms with E-state index in [4.69, 9.17) is 4.74 Å². The Balaban J connectivity index is 2.72. The number of ether oxygens (including phenoxy) is 1. The zero-order chi connectivity index (χ0) is 10.6. The molecule has 14 heavy (non-hydrogen) atoms. The van der Waals surface area contributed by atoms with E-state index in [1.165, 1.54) is 0 Å². The Kier molecular flexibility index (Phi) is 4.02. The predicted molar refractivity (Wildman–Crippen MR) is 51.1 cm³/mol. The van der Waals surface area contributed by atoms with Gasteiger partial charge in [0.1, 0.15) is 0 Å². The summed E-state index contributed by atoms with van der Waals surface area (Å²) in [6.45, 7) is 2.01. The number of hydrogen-bond donors (Lipinski definition) is 1. The Morgan fingerprint density at radius 3 is 2.93 bits per heavy atom. The number of carbonyl (C=O) groups excluding carboxylic acids is 1. The summed E-state index contributed by atoms with van der Waals surface area (Å²) >= 11 is 0. The lowest BCUT2D eigenvalue weighted by atomic mass is 9.86. The van der Waals surface area contributed by atoms with E-state index in [9.17, 15) is 14.5 Å². The van der Waals surface area contributed by atoms with Crippen molar-refractivity contribution in [2.45, 2.75) is 37.9 Å². The first-order valence-electron chi connectivity index (χ1n) is 4.87. The third-order valence-corrected chi connectivity index (χ3v) is 3.43. The summed E-state index contributed by atoms with van der Waals surface area (Å²) in [7, 11) is -0.371. The Labute approximate surface area is 84.8 Å². The molecule has 80 valence electrons. The van der Waals surface area contributed by atoms with Crippen molar-refractivity contribution in [2.75, 3.05) is 6.61 Å². The average Bonchev–Trinajstić information content (AvgIpc) is 2.19. The average molecular weight is 218 g/mol. The van der Waals surface area contributed by atoms with Gasteiger partial charge in [-0.05, 0) is 26.2 Å². The van der Waals surface area contributed by atoms with E-state index in [0.29, 0.717) is 19.4 Å². The smallest absolute Gasteiger partial charge is 0.312 e. The lowest BCUT2D eigenvalue weighted by molar-refractivity contribution is -0.155. The molecule has 4 nitrogen and oxygen atoms in total. The second-order valence-electron chi connectivity index (χ2n) is 3.52. The molecular formula is C9H15O4P. The topological polar surface area (TPSA) is 63.6 Å². The molecule has 2 atom stereocenters. The van der Waals surface area contributed by atoms with Crippen molar-refractivity contribution in [1.82, 2.24) is 0 Å². The third kappa shape index (κ3) is 2.31. The fraction of sp³-hybridized carbons (Fsp3) is 0.889. The molecule has 0 spiro atoms. The predicted octanol–water partition coefficient (Wildman–Crippen LogP) is 1.72. The minimum atomic E-state index is -1.40. The van der Waals surface area contributed by atoms with E-state index in [1.807, 2.05) is 0 Å². The fourth-order valence-electron chi connectivity index (χ4n) is 1.80. The van der Waals surface area contributed by atoms with Crippen LogP contribution in [0, 0.1) is 5.92 Å². The van der Waals surface area contributed by atoms with Crippen molar-refractivity contribution in [2.24, 2.45) is 5.92 Å². The van der Waals surface area contributed by atoms with Gasteiger partial charge in [0.05, 0.1) is 12.5 Å². The molecule has 0 radical (unpaired) electrons. The van der Waals surface area contributed by atoms with E-state index in [1.54, 1.807) is 6.92 Å². The summed E-state index contributed by atoms with van der Waals surface area (Å²) in [4.78, 5) is 11.4. The Bertz CT molecular complexity index is 231. The molecular weight excluding hydrogens is 203 g/mol. The normalized spacial score (nSPS) is 32.9. The van der Waals surface area contributed by atoms with Gasteiger partial charge < -0.3 is 9.84 Å². The van der Waals surface area contributed by atoms with Gasteiger partial charge in [-0.25, -0.2) is 0 Å². The summed E-state index contributed by atoms with van der Waals surface area (Å²) in [5.41, 5.74) is 0. The minimum Gasteiger partial charge on any atom is -0.466 e. The van der Waals surface area contributed by atoms with Crippen molar-refractivity contribution in [3.63, 3.8) is 0 Å². The molecule has 2 unspecified atom stereocenters. The molecule has 0 saturated heterocycles. The highest BCUT2D eigenvalue weighted by Crippen LogP contribution is 2.41. The number of rotatable bonds is 3.